The van der Waals surface area contributed by atoms with Crippen LogP contribution in [0.15, 0.2) is 0 Å². The summed E-state index contributed by atoms with van der Waals surface area (Å²) in [5.74, 6) is 0. The van der Waals surface area contributed by atoms with E-state index in [-0.39, 0.29) is 6.10 Å². The van der Waals surface area contributed by atoms with Crippen LogP contribution in [-0.4, -0.2) is 48.5 Å². The molecule has 1 saturated heterocycles. The second kappa shape index (κ2) is 6.38. The molecule has 0 aromatic heterocycles. The zero-order valence-electron chi connectivity index (χ0n) is 9.41. The van der Waals surface area contributed by atoms with E-state index in [9.17, 15) is 5.11 Å². The normalized spacial score (nSPS) is 27.2. The molecule has 0 amide bonds. The molecule has 84 valence electrons. The largest absolute Gasteiger partial charge is 0.392 e. The van der Waals surface area contributed by atoms with Gasteiger partial charge in [-0.05, 0) is 19.8 Å². The molecule has 0 spiro atoms. The fourth-order valence-corrected chi connectivity index (χ4v) is 1.97. The maximum Gasteiger partial charge on any atom is 0.0673 e. The Morgan fingerprint density at radius 3 is 3.07 bits per heavy atom. The third-order valence-corrected chi connectivity index (χ3v) is 2.63. The van der Waals surface area contributed by atoms with Crippen LogP contribution in [0.5, 0.6) is 0 Å². The molecule has 0 aromatic carbocycles. The first-order valence-corrected chi connectivity index (χ1v) is 5.74. The Labute approximate surface area is 87.1 Å². The van der Waals surface area contributed by atoms with Gasteiger partial charge in [-0.25, -0.2) is 0 Å². The Hall–Kier alpha value is -0.120. The molecule has 2 unspecified atom stereocenters. The minimum atomic E-state index is -0.162. The average Bonchev–Trinajstić information content (AvgIpc) is 2.30. The Balaban J connectivity index is 2.27. The summed E-state index contributed by atoms with van der Waals surface area (Å²) >= 11 is 0. The van der Waals surface area contributed by atoms with Gasteiger partial charge in [-0.3, -0.25) is 4.90 Å². The van der Waals surface area contributed by atoms with Gasteiger partial charge in [0.15, 0.2) is 0 Å². The molecule has 1 rings (SSSR count). The van der Waals surface area contributed by atoms with Crippen molar-refractivity contribution >= 4 is 0 Å². The molecule has 0 aromatic rings. The molecular weight excluding hydrogens is 178 g/mol. The average molecular weight is 201 g/mol. The van der Waals surface area contributed by atoms with Gasteiger partial charge in [0.25, 0.3) is 0 Å². The van der Waals surface area contributed by atoms with Crippen LogP contribution in [-0.2, 0) is 4.74 Å². The molecule has 1 heterocycles. The molecule has 0 radical (unpaired) electrons. The van der Waals surface area contributed by atoms with Gasteiger partial charge in [0.2, 0.25) is 0 Å². The molecular formula is C11H23NO2. The van der Waals surface area contributed by atoms with Crippen LogP contribution >= 0.6 is 0 Å². The van der Waals surface area contributed by atoms with Gasteiger partial charge in [0, 0.05) is 26.2 Å². The predicted molar refractivity (Wildman–Crippen MR) is 57.4 cm³/mol. The number of ether oxygens (including phenoxy) is 1. The number of aliphatic hydroxyl groups is 1. The van der Waals surface area contributed by atoms with E-state index in [4.69, 9.17) is 4.74 Å². The summed E-state index contributed by atoms with van der Waals surface area (Å²) in [6.45, 7) is 7.90. The van der Waals surface area contributed by atoms with Crippen LogP contribution in [0.1, 0.15) is 33.1 Å². The molecule has 0 bridgehead atoms. The zero-order valence-corrected chi connectivity index (χ0v) is 9.41. The van der Waals surface area contributed by atoms with Crippen molar-refractivity contribution in [2.45, 2.75) is 45.3 Å². The number of nitrogens with zero attached hydrogens (tertiary/aromatic N) is 1. The van der Waals surface area contributed by atoms with Crippen molar-refractivity contribution in [3.05, 3.63) is 0 Å². The van der Waals surface area contributed by atoms with Gasteiger partial charge < -0.3 is 9.84 Å². The van der Waals surface area contributed by atoms with Crippen molar-refractivity contribution in [2.24, 2.45) is 0 Å². The Bertz CT molecular complexity index is 152. The Morgan fingerprint density at radius 2 is 2.36 bits per heavy atom. The van der Waals surface area contributed by atoms with Crippen LogP contribution in [0.2, 0.25) is 0 Å². The van der Waals surface area contributed by atoms with Crippen molar-refractivity contribution < 1.29 is 9.84 Å². The summed E-state index contributed by atoms with van der Waals surface area (Å²) in [7, 11) is 0. The number of aliphatic hydroxyl groups excluding tert-OH is 1. The van der Waals surface area contributed by atoms with E-state index in [2.05, 4.69) is 18.7 Å². The fraction of sp³-hybridized carbons (Fsp3) is 1.00. The molecule has 3 nitrogen and oxygen atoms in total. The van der Waals surface area contributed by atoms with Crippen LogP contribution in [0.25, 0.3) is 0 Å². The minimum Gasteiger partial charge on any atom is -0.392 e. The summed E-state index contributed by atoms with van der Waals surface area (Å²) in [4.78, 5) is 2.32. The van der Waals surface area contributed by atoms with Gasteiger partial charge in [0.1, 0.15) is 0 Å². The lowest BCUT2D eigenvalue weighted by Gasteiger charge is -2.24. The van der Waals surface area contributed by atoms with Gasteiger partial charge in [-0.2, -0.15) is 0 Å². The monoisotopic (exact) mass is 201 g/mol. The molecule has 1 aliphatic heterocycles. The molecule has 14 heavy (non-hydrogen) atoms. The fourth-order valence-electron chi connectivity index (χ4n) is 1.97. The van der Waals surface area contributed by atoms with Crippen molar-refractivity contribution in [3.63, 3.8) is 0 Å². The summed E-state index contributed by atoms with van der Waals surface area (Å²) in [6.07, 6.45) is 3.20. The van der Waals surface area contributed by atoms with Crippen LogP contribution in [0, 0.1) is 0 Å². The number of rotatable bonds is 4. The first kappa shape index (κ1) is 12.0. The van der Waals surface area contributed by atoms with Crippen molar-refractivity contribution in [1.29, 1.82) is 0 Å². The van der Waals surface area contributed by atoms with E-state index in [1.165, 1.54) is 0 Å². The minimum absolute atomic E-state index is 0.162. The summed E-state index contributed by atoms with van der Waals surface area (Å²) in [5, 5.41) is 9.70. The van der Waals surface area contributed by atoms with E-state index in [0.29, 0.717) is 6.10 Å². The van der Waals surface area contributed by atoms with Gasteiger partial charge >= 0.3 is 0 Å². The highest BCUT2D eigenvalue weighted by Crippen LogP contribution is 2.07. The predicted octanol–water partition coefficient (Wildman–Crippen LogP) is 1.26. The maximum absolute atomic E-state index is 9.70. The second-order valence-electron chi connectivity index (χ2n) is 4.24. The zero-order chi connectivity index (χ0) is 10.4. The van der Waals surface area contributed by atoms with Crippen molar-refractivity contribution in [3.8, 4) is 0 Å². The first-order valence-electron chi connectivity index (χ1n) is 5.74. The Kier molecular flexibility index (Phi) is 5.45. The van der Waals surface area contributed by atoms with Crippen LogP contribution in [0.3, 0.4) is 0 Å². The van der Waals surface area contributed by atoms with Gasteiger partial charge in [-0.1, -0.05) is 13.3 Å². The van der Waals surface area contributed by atoms with E-state index >= 15 is 0 Å². The lowest BCUT2D eigenvalue weighted by molar-refractivity contribution is 0.0549. The maximum atomic E-state index is 9.70. The lowest BCUT2D eigenvalue weighted by Crippen LogP contribution is -2.36. The van der Waals surface area contributed by atoms with Crippen LogP contribution < -0.4 is 0 Å². The molecule has 3 heteroatoms. The van der Waals surface area contributed by atoms with E-state index in [1.807, 2.05) is 0 Å². The van der Waals surface area contributed by atoms with Crippen molar-refractivity contribution in [2.75, 3.05) is 26.2 Å². The van der Waals surface area contributed by atoms with E-state index in [0.717, 1.165) is 45.5 Å². The third kappa shape index (κ3) is 4.40. The Morgan fingerprint density at radius 1 is 1.57 bits per heavy atom. The quantitative estimate of drug-likeness (QED) is 0.743. The molecule has 1 fully saturated rings. The lowest BCUT2D eigenvalue weighted by atomic mass is 10.2. The van der Waals surface area contributed by atoms with E-state index in [1.54, 1.807) is 0 Å². The highest BCUT2D eigenvalue weighted by Gasteiger charge is 2.17. The SMILES string of the molecule is CCCC(O)CN1CCCOC(C)C1. The topological polar surface area (TPSA) is 32.7 Å². The molecule has 1 N–H and O–H groups in total. The number of β-amino-alcohol motifs (C(OH)–C–C–N with tert-alkyl or cyclic N) is 1. The molecule has 0 aliphatic carbocycles. The third-order valence-electron chi connectivity index (χ3n) is 2.63. The molecule has 2 atom stereocenters. The number of hydrogen-bond donors (Lipinski definition) is 1. The molecule has 1 aliphatic rings. The van der Waals surface area contributed by atoms with Crippen LogP contribution in [0.4, 0.5) is 0 Å². The second-order valence-corrected chi connectivity index (χ2v) is 4.24. The van der Waals surface area contributed by atoms with Gasteiger partial charge in [-0.15, -0.1) is 0 Å². The molecule has 0 saturated carbocycles. The first-order chi connectivity index (χ1) is 6.72. The smallest absolute Gasteiger partial charge is 0.0673 e. The summed E-state index contributed by atoms with van der Waals surface area (Å²) < 4.78 is 5.55. The van der Waals surface area contributed by atoms with Gasteiger partial charge in [0.05, 0.1) is 12.2 Å². The highest BCUT2D eigenvalue weighted by molar-refractivity contribution is 4.70. The van der Waals surface area contributed by atoms with E-state index < -0.39 is 0 Å². The highest BCUT2D eigenvalue weighted by atomic mass is 16.5. The standard InChI is InChI=1S/C11H23NO2/c1-3-5-11(13)9-12-6-4-7-14-10(2)8-12/h10-11,13H,3-9H2,1-2H3. The summed E-state index contributed by atoms with van der Waals surface area (Å²) in [5.41, 5.74) is 0. The number of hydrogen-bond acceptors (Lipinski definition) is 3. The van der Waals surface area contributed by atoms with Crippen molar-refractivity contribution in [1.82, 2.24) is 4.90 Å². The summed E-state index contributed by atoms with van der Waals surface area (Å²) in [6, 6.07) is 0.